The van der Waals surface area contributed by atoms with Crippen molar-refractivity contribution >= 4 is 45.5 Å². The zero-order chi connectivity index (χ0) is 18.6. The molecule has 2 N–H and O–H groups in total. The number of nitrogens with one attached hydrogen (secondary N) is 1. The van der Waals surface area contributed by atoms with Crippen LogP contribution in [0.2, 0.25) is 0 Å². The Labute approximate surface area is 158 Å². The van der Waals surface area contributed by atoms with E-state index < -0.39 is 22.3 Å². The van der Waals surface area contributed by atoms with E-state index in [-0.39, 0.29) is 23.6 Å². The Morgan fingerprint density at radius 2 is 1.88 bits per heavy atom. The molecule has 2 amide bonds. The Kier molecular flexibility index (Phi) is 4.39. The lowest BCUT2D eigenvalue weighted by atomic mass is 9.86. The van der Waals surface area contributed by atoms with Gasteiger partial charge in [0.1, 0.15) is 17.0 Å². The normalized spacial score (nSPS) is 29.8. The van der Waals surface area contributed by atoms with E-state index in [9.17, 15) is 19.5 Å². The van der Waals surface area contributed by atoms with E-state index in [1.54, 1.807) is 6.92 Å². The highest BCUT2D eigenvalue weighted by atomic mass is 79.9. The van der Waals surface area contributed by atoms with Crippen LogP contribution < -0.4 is 5.32 Å². The van der Waals surface area contributed by atoms with Crippen molar-refractivity contribution < 1.29 is 19.5 Å². The molecule has 2 aliphatic heterocycles. The van der Waals surface area contributed by atoms with Crippen LogP contribution in [0.1, 0.15) is 26.3 Å². The predicted molar refractivity (Wildman–Crippen MR) is 98.1 cm³/mol. The van der Waals surface area contributed by atoms with Crippen LogP contribution in [0, 0.1) is 0 Å². The molecule has 0 bridgehead atoms. The molecule has 0 aliphatic carbocycles. The van der Waals surface area contributed by atoms with Gasteiger partial charge >= 0.3 is 5.97 Å². The van der Waals surface area contributed by atoms with Crippen LogP contribution in [0.5, 0.6) is 0 Å². The summed E-state index contributed by atoms with van der Waals surface area (Å²) in [5.41, 5.74) is -0.228. The first-order valence-corrected chi connectivity index (χ1v) is 9.52. The van der Waals surface area contributed by atoms with Crippen molar-refractivity contribution in [2.75, 3.05) is 0 Å². The molecule has 0 aromatic heterocycles. The minimum atomic E-state index is -1.07. The van der Waals surface area contributed by atoms with Crippen LogP contribution in [-0.2, 0) is 20.8 Å². The van der Waals surface area contributed by atoms with E-state index in [1.807, 2.05) is 38.1 Å². The van der Waals surface area contributed by atoms with E-state index in [2.05, 4.69) is 21.2 Å². The molecule has 6 nitrogen and oxygen atoms in total. The number of hydrogen-bond donors (Lipinski definition) is 2. The Balaban J connectivity index is 1.73. The van der Waals surface area contributed by atoms with Crippen molar-refractivity contribution in [3.8, 4) is 0 Å². The summed E-state index contributed by atoms with van der Waals surface area (Å²) in [5, 5.41) is 11.9. The minimum absolute atomic E-state index is 0.166. The summed E-state index contributed by atoms with van der Waals surface area (Å²) in [5.74, 6) is -1.61. The van der Waals surface area contributed by atoms with Gasteiger partial charge in [0.05, 0.1) is 6.42 Å². The van der Waals surface area contributed by atoms with Crippen LogP contribution in [0.4, 0.5) is 0 Å². The van der Waals surface area contributed by atoms with E-state index in [4.69, 9.17) is 0 Å². The molecule has 3 atom stereocenters. The maximum Gasteiger partial charge on any atom is 0.327 e. The number of carboxylic acid groups (broad SMARTS) is 1. The number of hydrogen-bond acceptors (Lipinski definition) is 4. The van der Waals surface area contributed by atoms with E-state index in [0.29, 0.717) is 0 Å². The maximum atomic E-state index is 12.6. The fourth-order valence-electron chi connectivity index (χ4n) is 3.46. The predicted octanol–water partition coefficient (Wildman–Crippen LogP) is 2.01. The first-order chi connectivity index (χ1) is 11.6. The van der Waals surface area contributed by atoms with Crippen LogP contribution in [-0.4, -0.2) is 49.5 Å². The van der Waals surface area contributed by atoms with Gasteiger partial charge in [-0.05, 0) is 38.5 Å². The molecule has 0 radical (unpaired) electrons. The molecular formula is C17H19BrN2O4S. The second kappa shape index (κ2) is 6.02. The maximum absolute atomic E-state index is 12.6. The number of thioether (sulfide) groups is 1. The third-order valence-corrected chi connectivity index (χ3v) is 6.97. The third-order valence-electron chi connectivity index (χ3n) is 4.69. The average Bonchev–Trinajstić information content (AvgIpc) is 2.79. The van der Waals surface area contributed by atoms with Gasteiger partial charge in [0.15, 0.2) is 0 Å². The topological polar surface area (TPSA) is 86.7 Å². The Morgan fingerprint density at radius 3 is 2.44 bits per heavy atom. The molecule has 2 fully saturated rings. The fourth-order valence-corrected chi connectivity index (χ4v) is 5.37. The number of aliphatic carboxylic acids is 1. The van der Waals surface area contributed by atoms with Crippen LogP contribution >= 0.6 is 27.7 Å². The number of rotatable bonds is 4. The lowest BCUT2D eigenvalue weighted by Gasteiger charge is -2.51. The van der Waals surface area contributed by atoms with Crippen molar-refractivity contribution in [2.24, 2.45) is 0 Å². The van der Waals surface area contributed by atoms with Gasteiger partial charge < -0.3 is 15.3 Å². The number of carbonyl (C=O) groups is 3. The monoisotopic (exact) mass is 426 g/mol. The quantitative estimate of drug-likeness (QED) is 0.719. The molecule has 1 aromatic carbocycles. The summed E-state index contributed by atoms with van der Waals surface area (Å²) in [6.07, 6.45) is 0.166. The molecule has 2 aliphatic rings. The van der Waals surface area contributed by atoms with Crippen molar-refractivity contribution in [3.05, 3.63) is 34.3 Å². The van der Waals surface area contributed by atoms with Crippen molar-refractivity contribution in [1.29, 1.82) is 0 Å². The minimum Gasteiger partial charge on any atom is -0.480 e. The first kappa shape index (κ1) is 18.3. The highest BCUT2D eigenvalue weighted by molar-refractivity contribution is 9.10. The van der Waals surface area contributed by atoms with Gasteiger partial charge in [-0.3, -0.25) is 9.59 Å². The van der Waals surface area contributed by atoms with Crippen molar-refractivity contribution in [2.45, 2.75) is 48.9 Å². The van der Waals surface area contributed by atoms with Gasteiger partial charge in [-0.25, -0.2) is 4.79 Å². The number of benzene rings is 1. The number of carbonyl (C=O) groups excluding carboxylic acids is 2. The van der Waals surface area contributed by atoms with Gasteiger partial charge in [0.25, 0.3) is 5.91 Å². The molecular weight excluding hydrogens is 408 g/mol. The molecule has 3 rings (SSSR count). The van der Waals surface area contributed by atoms with Gasteiger partial charge in [0.2, 0.25) is 5.91 Å². The van der Waals surface area contributed by atoms with Gasteiger partial charge in [-0.1, -0.05) is 28.1 Å². The van der Waals surface area contributed by atoms with Gasteiger partial charge in [-0.15, -0.1) is 11.8 Å². The molecule has 2 heterocycles. The molecule has 134 valence electrons. The number of fused-ring (bicyclic) bond motifs is 1. The van der Waals surface area contributed by atoms with E-state index in [1.165, 1.54) is 16.7 Å². The van der Waals surface area contributed by atoms with E-state index >= 15 is 0 Å². The Hall–Kier alpha value is -1.54. The molecule has 25 heavy (non-hydrogen) atoms. The van der Waals surface area contributed by atoms with Crippen molar-refractivity contribution in [3.63, 3.8) is 0 Å². The second-order valence-electron chi connectivity index (χ2n) is 7.08. The number of halogens is 1. The summed E-state index contributed by atoms with van der Waals surface area (Å²) < 4.78 is 0.318. The highest BCUT2D eigenvalue weighted by Crippen LogP contribution is 2.54. The van der Waals surface area contributed by atoms with Crippen LogP contribution in [0.25, 0.3) is 0 Å². The average molecular weight is 427 g/mol. The summed E-state index contributed by atoms with van der Waals surface area (Å²) in [6, 6.07) is 6.51. The van der Waals surface area contributed by atoms with Crippen molar-refractivity contribution in [1.82, 2.24) is 10.2 Å². The second-order valence-corrected chi connectivity index (χ2v) is 9.73. The van der Waals surface area contributed by atoms with Crippen LogP contribution in [0.3, 0.4) is 0 Å². The zero-order valence-electron chi connectivity index (χ0n) is 14.1. The molecule has 2 saturated heterocycles. The SMILES string of the molecule is CC1(C)S[C@H]2N(C(=O)C2(C)NC(=O)Cc2ccc(Br)cc2)[C@H]1C(=O)O. The number of carboxylic acids is 1. The molecule has 1 aromatic rings. The lowest BCUT2D eigenvalue weighted by molar-refractivity contribution is -0.167. The molecule has 0 spiro atoms. The van der Waals surface area contributed by atoms with Gasteiger partial charge in [-0.2, -0.15) is 0 Å². The lowest BCUT2D eigenvalue weighted by Crippen LogP contribution is -2.78. The molecule has 8 heteroatoms. The smallest absolute Gasteiger partial charge is 0.327 e. The standard InChI is InChI=1S/C17H19BrN2O4S/c1-16(2)12(13(22)23)20-14(24)17(3,15(20)25-16)19-11(21)8-9-4-6-10(18)7-5-9/h4-7,12,15H,8H2,1-3H3,(H,19,21)(H,22,23)/t12-,15+,17?/m0/s1. The summed E-state index contributed by atoms with van der Waals surface area (Å²) >= 11 is 4.76. The summed E-state index contributed by atoms with van der Waals surface area (Å²) in [4.78, 5) is 38.0. The number of nitrogens with zero attached hydrogens (tertiary/aromatic N) is 1. The summed E-state index contributed by atoms with van der Waals surface area (Å²) in [7, 11) is 0. The van der Waals surface area contributed by atoms with Gasteiger partial charge in [0, 0.05) is 9.22 Å². The highest BCUT2D eigenvalue weighted by Gasteiger charge is 2.69. The Bertz CT molecular complexity index is 752. The number of β-lactam (4-membered cyclic amide) rings is 1. The largest absolute Gasteiger partial charge is 0.480 e. The van der Waals surface area contributed by atoms with E-state index in [0.717, 1.165) is 10.0 Å². The van der Waals surface area contributed by atoms with Crippen LogP contribution in [0.15, 0.2) is 28.7 Å². The Morgan fingerprint density at radius 1 is 1.28 bits per heavy atom. The molecule has 1 unspecified atom stereocenters. The fraction of sp³-hybridized carbons (Fsp3) is 0.471. The third kappa shape index (κ3) is 2.95. The summed E-state index contributed by atoms with van der Waals surface area (Å²) in [6.45, 7) is 5.29. The number of amides is 2. The molecule has 0 saturated carbocycles. The first-order valence-electron chi connectivity index (χ1n) is 7.85. The zero-order valence-corrected chi connectivity index (χ0v) is 16.5.